The van der Waals surface area contributed by atoms with Gasteiger partial charge in [0, 0.05) is 45.5 Å². The molecule has 0 aliphatic carbocycles. The van der Waals surface area contributed by atoms with Gasteiger partial charge in [-0.15, -0.1) is 0 Å². The van der Waals surface area contributed by atoms with Crippen LogP contribution >= 0.6 is 0 Å². The average Bonchev–Trinajstić information content (AvgIpc) is 2.75. The van der Waals surface area contributed by atoms with Gasteiger partial charge in [-0.3, -0.25) is 0 Å². The number of nitrogens with zero attached hydrogens (tertiary/aromatic N) is 5. The van der Waals surface area contributed by atoms with E-state index in [-0.39, 0.29) is 0 Å². The first kappa shape index (κ1) is 18.0. The van der Waals surface area contributed by atoms with Crippen LogP contribution in [0, 0.1) is 0 Å². The molecule has 3 heterocycles. The minimum Gasteiger partial charge on any atom is -0.378 e. The lowest BCUT2D eigenvalue weighted by Gasteiger charge is -2.34. The normalized spacial score (nSPS) is 18.6. The fraction of sp³-hybridized carbons (Fsp3) is 0.500. The molecule has 2 aliphatic rings. The minimum absolute atomic E-state index is 0.645. The SMILES string of the molecule is CCN1CCN(c2ccnc(Nc3ccccc3N3CCOCC3)n2)CC1. The van der Waals surface area contributed by atoms with Crippen molar-refractivity contribution in [2.45, 2.75) is 6.92 Å². The molecule has 2 aliphatic heterocycles. The summed E-state index contributed by atoms with van der Waals surface area (Å²) in [5, 5.41) is 3.43. The van der Waals surface area contributed by atoms with Gasteiger partial charge in [-0.05, 0) is 24.7 Å². The summed E-state index contributed by atoms with van der Waals surface area (Å²) in [6, 6.07) is 10.3. The fourth-order valence-corrected chi connectivity index (χ4v) is 3.66. The van der Waals surface area contributed by atoms with Gasteiger partial charge >= 0.3 is 0 Å². The monoisotopic (exact) mass is 368 g/mol. The highest BCUT2D eigenvalue weighted by atomic mass is 16.5. The average molecular weight is 368 g/mol. The van der Waals surface area contributed by atoms with E-state index in [1.54, 1.807) is 0 Å². The van der Waals surface area contributed by atoms with E-state index < -0.39 is 0 Å². The molecule has 1 aromatic carbocycles. The molecule has 4 rings (SSSR count). The fourth-order valence-electron chi connectivity index (χ4n) is 3.66. The highest BCUT2D eigenvalue weighted by molar-refractivity contribution is 5.73. The lowest BCUT2D eigenvalue weighted by Crippen LogP contribution is -2.46. The number of aromatic nitrogens is 2. The van der Waals surface area contributed by atoms with Gasteiger partial charge in [0.05, 0.1) is 24.6 Å². The summed E-state index contributed by atoms with van der Waals surface area (Å²) in [5.41, 5.74) is 2.21. The van der Waals surface area contributed by atoms with E-state index in [1.807, 2.05) is 18.3 Å². The summed E-state index contributed by atoms with van der Waals surface area (Å²) in [4.78, 5) is 16.4. The van der Waals surface area contributed by atoms with Crippen LogP contribution in [0.1, 0.15) is 6.92 Å². The van der Waals surface area contributed by atoms with Crippen molar-refractivity contribution in [3.8, 4) is 0 Å². The molecule has 2 aromatic rings. The second-order valence-electron chi connectivity index (χ2n) is 6.90. The van der Waals surface area contributed by atoms with Crippen LogP contribution in [-0.2, 0) is 4.74 Å². The van der Waals surface area contributed by atoms with Crippen LogP contribution in [0.25, 0.3) is 0 Å². The molecular formula is C20H28N6O. The van der Waals surface area contributed by atoms with E-state index in [2.05, 4.69) is 50.1 Å². The number of anilines is 4. The molecule has 0 saturated carbocycles. The van der Waals surface area contributed by atoms with Crippen molar-refractivity contribution < 1.29 is 4.74 Å². The molecule has 7 heteroatoms. The van der Waals surface area contributed by atoms with Gasteiger partial charge in [-0.2, -0.15) is 4.98 Å². The molecule has 0 spiro atoms. The van der Waals surface area contributed by atoms with E-state index in [0.717, 1.165) is 70.5 Å². The summed E-state index contributed by atoms with van der Waals surface area (Å²) >= 11 is 0. The molecule has 0 bridgehead atoms. The predicted molar refractivity (Wildman–Crippen MR) is 109 cm³/mol. The Bertz CT molecular complexity index is 741. The highest BCUT2D eigenvalue weighted by Crippen LogP contribution is 2.28. The van der Waals surface area contributed by atoms with Crippen LogP contribution in [0.15, 0.2) is 36.5 Å². The maximum absolute atomic E-state index is 5.48. The van der Waals surface area contributed by atoms with Crippen molar-refractivity contribution >= 4 is 23.1 Å². The van der Waals surface area contributed by atoms with Gasteiger partial charge in [-0.25, -0.2) is 4.98 Å². The third-order valence-corrected chi connectivity index (χ3v) is 5.29. The number of hydrogen-bond donors (Lipinski definition) is 1. The second-order valence-corrected chi connectivity index (χ2v) is 6.90. The number of nitrogens with one attached hydrogen (secondary N) is 1. The number of rotatable bonds is 5. The van der Waals surface area contributed by atoms with E-state index in [9.17, 15) is 0 Å². The van der Waals surface area contributed by atoms with Crippen molar-refractivity contribution in [1.29, 1.82) is 0 Å². The zero-order valence-corrected chi connectivity index (χ0v) is 16.0. The van der Waals surface area contributed by atoms with E-state index in [1.165, 1.54) is 5.69 Å². The zero-order chi connectivity index (χ0) is 18.5. The summed E-state index contributed by atoms with van der Waals surface area (Å²) in [5.74, 6) is 1.64. The van der Waals surface area contributed by atoms with Crippen LogP contribution in [0.2, 0.25) is 0 Å². The lowest BCUT2D eigenvalue weighted by atomic mass is 10.2. The summed E-state index contributed by atoms with van der Waals surface area (Å²) in [6.45, 7) is 10.9. The van der Waals surface area contributed by atoms with Crippen LogP contribution in [0.4, 0.5) is 23.1 Å². The molecule has 0 unspecified atom stereocenters. The van der Waals surface area contributed by atoms with Crippen LogP contribution in [0.5, 0.6) is 0 Å². The Kier molecular flexibility index (Phi) is 5.69. The van der Waals surface area contributed by atoms with Crippen molar-refractivity contribution in [1.82, 2.24) is 14.9 Å². The van der Waals surface area contributed by atoms with Gasteiger partial charge in [-0.1, -0.05) is 19.1 Å². The molecule has 1 N–H and O–H groups in total. The highest BCUT2D eigenvalue weighted by Gasteiger charge is 2.18. The van der Waals surface area contributed by atoms with Gasteiger partial charge < -0.3 is 24.8 Å². The Hall–Kier alpha value is -2.38. The topological polar surface area (TPSA) is 56.8 Å². The van der Waals surface area contributed by atoms with Crippen molar-refractivity contribution in [2.24, 2.45) is 0 Å². The first-order chi connectivity index (χ1) is 13.3. The molecule has 7 nitrogen and oxygen atoms in total. The van der Waals surface area contributed by atoms with Gasteiger partial charge in [0.25, 0.3) is 0 Å². The van der Waals surface area contributed by atoms with Gasteiger partial charge in [0.15, 0.2) is 0 Å². The number of piperazine rings is 1. The Morgan fingerprint density at radius 2 is 1.74 bits per heavy atom. The maximum atomic E-state index is 5.48. The Labute approximate surface area is 161 Å². The third-order valence-electron chi connectivity index (χ3n) is 5.29. The molecule has 27 heavy (non-hydrogen) atoms. The number of ether oxygens (including phenoxy) is 1. The van der Waals surface area contributed by atoms with Crippen LogP contribution < -0.4 is 15.1 Å². The van der Waals surface area contributed by atoms with Crippen molar-refractivity contribution in [3.05, 3.63) is 36.5 Å². The van der Waals surface area contributed by atoms with Crippen molar-refractivity contribution in [2.75, 3.05) is 74.1 Å². The summed E-state index contributed by atoms with van der Waals surface area (Å²) in [7, 11) is 0. The Morgan fingerprint density at radius 1 is 0.963 bits per heavy atom. The Morgan fingerprint density at radius 3 is 2.52 bits per heavy atom. The Balaban J connectivity index is 1.49. The summed E-state index contributed by atoms with van der Waals surface area (Å²) in [6.07, 6.45) is 1.84. The van der Waals surface area contributed by atoms with E-state index >= 15 is 0 Å². The molecule has 2 fully saturated rings. The molecule has 1 aromatic heterocycles. The van der Waals surface area contributed by atoms with Crippen LogP contribution in [-0.4, -0.2) is 73.9 Å². The number of para-hydroxylation sites is 2. The molecule has 2 saturated heterocycles. The smallest absolute Gasteiger partial charge is 0.229 e. The largest absolute Gasteiger partial charge is 0.378 e. The first-order valence-corrected chi connectivity index (χ1v) is 9.82. The number of benzene rings is 1. The minimum atomic E-state index is 0.645. The van der Waals surface area contributed by atoms with E-state index in [0.29, 0.717) is 5.95 Å². The second kappa shape index (κ2) is 8.54. The third kappa shape index (κ3) is 4.31. The van der Waals surface area contributed by atoms with E-state index in [4.69, 9.17) is 9.72 Å². The van der Waals surface area contributed by atoms with Gasteiger partial charge in [0.1, 0.15) is 5.82 Å². The molecule has 0 amide bonds. The number of hydrogen-bond acceptors (Lipinski definition) is 7. The van der Waals surface area contributed by atoms with Crippen LogP contribution in [0.3, 0.4) is 0 Å². The van der Waals surface area contributed by atoms with Gasteiger partial charge in [0.2, 0.25) is 5.95 Å². The first-order valence-electron chi connectivity index (χ1n) is 9.82. The maximum Gasteiger partial charge on any atom is 0.229 e. The molecule has 0 radical (unpaired) electrons. The summed E-state index contributed by atoms with van der Waals surface area (Å²) < 4.78 is 5.48. The molecule has 0 atom stereocenters. The zero-order valence-electron chi connectivity index (χ0n) is 16.0. The number of morpholine rings is 1. The molecular weight excluding hydrogens is 340 g/mol. The molecule has 144 valence electrons. The number of likely N-dealkylation sites (N-methyl/N-ethyl adjacent to an activating group) is 1. The predicted octanol–water partition coefficient (Wildman–Crippen LogP) is 2.20. The quantitative estimate of drug-likeness (QED) is 0.868. The van der Waals surface area contributed by atoms with Crippen molar-refractivity contribution in [3.63, 3.8) is 0 Å². The lowest BCUT2D eigenvalue weighted by molar-refractivity contribution is 0.123. The standard InChI is InChI=1S/C20H28N6O/c1-2-24-9-11-26(12-10-24)19-7-8-21-20(23-19)22-17-5-3-4-6-18(17)25-13-15-27-16-14-25/h3-8H,2,9-16H2,1H3,(H,21,22,23).